The Morgan fingerprint density at radius 3 is 2.62 bits per heavy atom. The van der Waals surface area contributed by atoms with Crippen molar-refractivity contribution in [3.05, 3.63) is 54.1 Å². The van der Waals surface area contributed by atoms with E-state index in [2.05, 4.69) is 36.5 Å². The van der Waals surface area contributed by atoms with Crippen LogP contribution in [0.4, 0.5) is 5.69 Å². The molecule has 3 rings (SSSR count). The maximum Gasteiger partial charge on any atom is 0.173 e. The van der Waals surface area contributed by atoms with Crippen LogP contribution in [0.15, 0.2) is 48.5 Å². The summed E-state index contributed by atoms with van der Waals surface area (Å²) in [5.41, 5.74) is 2.37. The molecule has 2 aromatic rings. The van der Waals surface area contributed by atoms with Gasteiger partial charge in [0.05, 0.1) is 6.54 Å². The normalized spacial score (nSPS) is 15.4. The van der Waals surface area contributed by atoms with Crippen molar-refractivity contribution >= 4 is 23.0 Å². The van der Waals surface area contributed by atoms with Crippen LogP contribution in [-0.2, 0) is 6.42 Å². The second kappa shape index (κ2) is 8.90. The minimum atomic E-state index is -0.0499. The SMILES string of the molecule is CCCCc1ccc(NC(=S)N(C)C[C@H]2COc3ccccc3O2)cc1. The number of anilines is 1. The molecule has 138 valence electrons. The van der Waals surface area contributed by atoms with Crippen molar-refractivity contribution < 1.29 is 9.47 Å². The monoisotopic (exact) mass is 370 g/mol. The lowest BCUT2D eigenvalue weighted by Gasteiger charge is -2.30. The molecule has 0 aliphatic carbocycles. The molecule has 4 nitrogen and oxygen atoms in total. The van der Waals surface area contributed by atoms with Crippen LogP contribution in [0, 0.1) is 0 Å². The van der Waals surface area contributed by atoms with Gasteiger partial charge in [-0.1, -0.05) is 37.6 Å². The lowest BCUT2D eigenvalue weighted by molar-refractivity contribution is 0.0784. The number of unbranched alkanes of at least 4 members (excludes halogenated alkanes) is 1. The van der Waals surface area contributed by atoms with Crippen molar-refractivity contribution in [1.29, 1.82) is 0 Å². The number of hydrogen-bond acceptors (Lipinski definition) is 3. The average Bonchev–Trinajstić information content (AvgIpc) is 2.67. The van der Waals surface area contributed by atoms with E-state index in [0.29, 0.717) is 18.3 Å². The first-order valence-electron chi connectivity index (χ1n) is 9.15. The van der Waals surface area contributed by atoms with Gasteiger partial charge in [-0.05, 0) is 54.9 Å². The predicted molar refractivity (Wildman–Crippen MR) is 110 cm³/mol. The highest BCUT2D eigenvalue weighted by atomic mass is 32.1. The number of aryl methyl sites for hydroxylation is 1. The molecule has 1 aliphatic rings. The highest BCUT2D eigenvalue weighted by molar-refractivity contribution is 7.80. The van der Waals surface area contributed by atoms with Crippen molar-refractivity contribution in [3.8, 4) is 11.5 Å². The van der Waals surface area contributed by atoms with Crippen LogP contribution in [0.5, 0.6) is 11.5 Å². The fourth-order valence-corrected chi connectivity index (χ4v) is 3.09. The molecule has 1 aliphatic heterocycles. The van der Waals surface area contributed by atoms with Gasteiger partial charge in [-0.25, -0.2) is 0 Å². The Morgan fingerprint density at radius 1 is 1.15 bits per heavy atom. The lowest BCUT2D eigenvalue weighted by atomic mass is 10.1. The summed E-state index contributed by atoms with van der Waals surface area (Å²) < 4.78 is 11.8. The molecule has 0 spiro atoms. The molecule has 0 saturated carbocycles. The smallest absolute Gasteiger partial charge is 0.173 e. The number of benzene rings is 2. The minimum Gasteiger partial charge on any atom is -0.486 e. The zero-order chi connectivity index (χ0) is 18.4. The van der Waals surface area contributed by atoms with E-state index in [-0.39, 0.29) is 6.10 Å². The Kier molecular flexibility index (Phi) is 6.34. The number of ether oxygens (including phenoxy) is 2. The molecule has 1 heterocycles. The summed E-state index contributed by atoms with van der Waals surface area (Å²) in [6.07, 6.45) is 3.51. The van der Waals surface area contributed by atoms with Crippen LogP contribution in [-0.4, -0.2) is 36.3 Å². The first-order valence-corrected chi connectivity index (χ1v) is 9.56. The molecular weight excluding hydrogens is 344 g/mol. The van der Waals surface area contributed by atoms with Gasteiger partial charge in [0.1, 0.15) is 6.61 Å². The van der Waals surface area contributed by atoms with E-state index in [1.165, 1.54) is 18.4 Å². The standard InChI is InChI=1S/C21H26N2O2S/c1-3-4-7-16-10-12-17(13-11-16)22-21(26)23(2)14-18-15-24-19-8-5-6-9-20(19)25-18/h5-6,8-13,18H,3-4,7,14-15H2,1-2H3,(H,22,26)/t18-/m0/s1. The maximum atomic E-state index is 6.00. The molecule has 2 aromatic carbocycles. The molecule has 0 amide bonds. The van der Waals surface area contributed by atoms with Crippen LogP contribution >= 0.6 is 12.2 Å². The lowest BCUT2D eigenvalue weighted by Crippen LogP contribution is -2.43. The van der Waals surface area contributed by atoms with E-state index in [9.17, 15) is 0 Å². The van der Waals surface area contributed by atoms with Crippen molar-refractivity contribution in [2.24, 2.45) is 0 Å². The Labute approximate surface area is 161 Å². The number of para-hydroxylation sites is 2. The summed E-state index contributed by atoms with van der Waals surface area (Å²) in [6, 6.07) is 16.2. The second-order valence-corrected chi connectivity index (χ2v) is 7.00. The number of nitrogens with zero attached hydrogens (tertiary/aromatic N) is 1. The van der Waals surface area contributed by atoms with Crippen LogP contribution in [0.2, 0.25) is 0 Å². The number of likely N-dealkylation sites (N-methyl/N-ethyl adjacent to an activating group) is 1. The van der Waals surface area contributed by atoms with Crippen LogP contribution in [0.1, 0.15) is 25.3 Å². The fourth-order valence-electron chi connectivity index (χ4n) is 2.90. The van der Waals surface area contributed by atoms with Gasteiger partial charge >= 0.3 is 0 Å². The van der Waals surface area contributed by atoms with E-state index in [0.717, 1.165) is 23.6 Å². The number of hydrogen-bond donors (Lipinski definition) is 1. The molecule has 0 aromatic heterocycles. The summed E-state index contributed by atoms with van der Waals surface area (Å²) in [6.45, 7) is 3.40. The quantitative estimate of drug-likeness (QED) is 0.757. The molecule has 1 N–H and O–H groups in total. The van der Waals surface area contributed by atoms with Gasteiger partial charge in [0, 0.05) is 12.7 Å². The topological polar surface area (TPSA) is 33.7 Å². The van der Waals surface area contributed by atoms with Gasteiger partial charge in [0.25, 0.3) is 0 Å². The van der Waals surface area contributed by atoms with Gasteiger partial charge in [-0.2, -0.15) is 0 Å². The summed E-state index contributed by atoms with van der Waals surface area (Å²) in [4.78, 5) is 1.99. The van der Waals surface area contributed by atoms with Crippen molar-refractivity contribution in [3.63, 3.8) is 0 Å². The number of fused-ring (bicyclic) bond motifs is 1. The van der Waals surface area contributed by atoms with Crippen LogP contribution in [0.3, 0.4) is 0 Å². The Hall–Kier alpha value is -2.27. The van der Waals surface area contributed by atoms with Gasteiger partial charge in [0.15, 0.2) is 22.7 Å². The molecular formula is C21H26N2O2S. The fraction of sp³-hybridized carbons (Fsp3) is 0.381. The van der Waals surface area contributed by atoms with Crippen molar-refractivity contribution in [2.75, 3.05) is 25.5 Å². The molecule has 0 radical (unpaired) electrons. The zero-order valence-corrected chi connectivity index (χ0v) is 16.2. The molecule has 0 fully saturated rings. The summed E-state index contributed by atoms with van der Waals surface area (Å²) in [5.74, 6) is 1.59. The largest absolute Gasteiger partial charge is 0.486 e. The molecule has 5 heteroatoms. The van der Waals surface area contributed by atoms with Crippen LogP contribution < -0.4 is 14.8 Å². The average molecular weight is 371 g/mol. The van der Waals surface area contributed by atoms with Gasteiger partial charge in [-0.15, -0.1) is 0 Å². The van der Waals surface area contributed by atoms with E-state index >= 15 is 0 Å². The molecule has 0 bridgehead atoms. The maximum absolute atomic E-state index is 6.00. The number of nitrogens with one attached hydrogen (secondary N) is 1. The number of thiocarbonyl (C=S) groups is 1. The molecule has 0 saturated heterocycles. The number of rotatable bonds is 6. The van der Waals surface area contributed by atoms with Crippen LogP contribution in [0.25, 0.3) is 0 Å². The highest BCUT2D eigenvalue weighted by Gasteiger charge is 2.22. The third-order valence-corrected chi connectivity index (χ3v) is 4.83. The molecule has 0 unspecified atom stereocenters. The zero-order valence-electron chi connectivity index (χ0n) is 15.4. The van der Waals surface area contributed by atoms with Gasteiger partial charge in [0.2, 0.25) is 0 Å². The summed E-state index contributed by atoms with van der Waals surface area (Å²) >= 11 is 5.53. The van der Waals surface area contributed by atoms with E-state index in [1.54, 1.807) is 0 Å². The summed E-state index contributed by atoms with van der Waals surface area (Å²) in [7, 11) is 1.97. The van der Waals surface area contributed by atoms with E-state index in [1.807, 2.05) is 36.2 Å². The summed E-state index contributed by atoms with van der Waals surface area (Å²) in [5, 5.41) is 3.97. The van der Waals surface area contributed by atoms with Crippen molar-refractivity contribution in [2.45, 2.75) is 32.3 Å². The third kappa shape index (κ3) is 4.88. The first-order chi connectivity index (χ1) is 12.7. The Balaban J connectivity index is 1.50. The first kappa shape index (κ1) is 18.5. The van der Waals surface area contributed by atoms with Gasteiger partial charge in [-0.3, -0.25) is 0 Å². The van der Waals surface area contributed by atoms with Crippen molar-refractivity contribution in [1.82, 2.24) is 4.90 Å². The highest BCUT2D eigenvalue weighted by Crippen LogP contribution is 2.31. The Bertz CT molecular complexity index is 733. The Morgan fingerprint density at radius 2 is 1.88 bits per heavy atom. The molecule has 26 heavy (non-hydrogen) atoms. The second-order valence-electron chi connectivity index (χ2n) is 6.61. The van der Waals surface area contributed by atoms with E-state index in [4.69, 9.17) is 21.7 Å². The van der Waals surface area contributed by atoms with E-state index < -0.39 is 0 Å². The predicted octanol–water partition coefficient (Wildman–Crippen LogP) is 4.50. The van der Waals surface area contributed by atoms with Gasteiger partial charge < -0.3 is 19.7 Å². The minimum absolute atomic E-state index is 0.0499. The third-order valence-electron chi connectivity index (χ3n) is 4.42. The molecule has 1 atom stereocenters.